The van der Waals surface area contributed by atoms with Gasteiger partial charge in [0.2, 0.25) is 0 Å². The number of rotatable bonds is 7. The van der Waals surface area contributed by atoms with Crippen LogP contribution in [0.25, 0.3) is 0 Å². The average Bonchev–Trinajstić information content (AvgIpc) is 2.34. The number of hydrogen-bond acceptors (Lipinski definition) is 0. The predicted octanol–water partition coefficient (Wildman–Crippen LogP) is 4.29. The fraction of sp³-hybridized carbons (Fsp3) is 0.385. The molecule has 1 aromatic carbocycles. The first-order chi connectivity index (χ1) is 8.22. The van der Waals surface area contributed by atoms with Gasteiger partial charge in [-0.3, -0.25) is 0 Å². The third kappa shape index (κ3) is 7.87. The van der Waals surface area contributed by atoms with Crippen LogP contribution in [0.2, 0.25) is 5.32 Å². The Balaban J connectivity index is 2.29. The fourth-order valence-electron chi connectivity index (χ4n) is 1.18. The monoisotopic (exact) mass is 490 g/mol. The van der Waals surface area contributed by atoms with Crippen LogP contribution >= 0.6 is 31.9 Å². The molecule has 0 radical (unpaired) electrons. The van der Waals surface area contributed by atoms with Crippen molar-refractivity contribution in [2.45, 2.75) is 31.5 Å². The molecule has 0 aliphatic rings. The second-order valence-electron chi connectivity index (χ2n) is 3.55. The Bertz CT molecular complexity index is 347. The van der Waals surface area contributed by atoms with Crippen molar-refractivity contribution in [2.24, 2.45) is 0 Å². The second-order valence-corrected chi connectivity index (χ2v) is 10.9. The Hall–Kier alpha value is 0.959. The summed E-state index contributed by atoms with van der Waals surface area (Å²) >= 11 is 8.27. The van der Waals surface area contributed by atoms with E-state index in [0.717, 1.165) is 4.47 Å². The summed E-state index contributed by atoms with van der Waals surface area (Å²) in [4.78, 5) is 2.38. The van der Waals surface area contributed by atoms with Gasteiger partial charge in [0.1, 0.15) is 0 Å². The van der Waals surface area contributed by atoms with Crippen molar-refractivity contribution in [1.29, 1.82) is 0 Å². The Morgan fingerprint density at radius 2 is 1.94 bits per heavy atom. The zero-order chi connectivity index (χ0) is 12.5. The van der Waals surface area contributed by atoms with Crippen LogP contribution in [-0.4, -0.2) is 29.9 Å². The first-order valence-corrected chi connectivity index (χ1v) is 11.1. The SMILES string of the molecule is CCCCC[Se]/C(Br)=C\[Se]c1ccc(Br)cc1. The summed E-state index contributed by atoms with van der Waals surface area (Å²) in [5.41, 5.74) is 0. The number of halogens is 2. The van der Waals surface area contributed by atoms with Crippen LogP contribution in [0.4, 0.5) is 0 Å². The summed E-state index contributed by atoms with van der Waals surface area (Å²) in [6.07, 6.45) is 4.07. The molecule has 0 amide bonds. The summed E-state index contributed by atoms with van der Waals surface area (Å²) in [5.74, 6) is 0. The van der Waals surface area contributed by atoms with Gasteiger partial charge in [-0.25, -0.2) is 0 Å². The van der Waals surface area contributed by atoms with Crippen molar-refractivity contribution >= 4 is 66.2 Å². The Labute approximate surface area is 134 Å². The normalized spacial score (nSPS) is 11.8. The van der Waals surface area contributed by atoms with E-state index in [1.807, 2.05) is 0 Å². The molecule has 0 bridgehead atoms. The van der Waals surface area contributed by atoms with Crippen molar-refractivity contribution in [3.05, 3.63) is 37.1 Å². The molecule has 17 heavy (non-hydrogen) atoms. The molecule has 0 atom stereocenters. The Kier molecular flexibility index (Phi) is 9.26. The van der Waals surface area contributed by atoms with Gasteiger partial charge in [0.15, 0.2) is 0 Å². The molecule has 4 heteroatoms. The van der Waals surface area contributed by atoms with Gasteiger partial charge in [-0.1, -0.05) is 0 Å². The zero-order valence-corrected chi connectivity index (χ0v) is 16.4. The minimum absolute atomic E-state index is 0.464. The average molecular weight is 490 g/mol. The molecule has 94 valence electrons. The van der Waals surface area contributed by atoms with E-state index in [9.17, 15) is 0 Å². The van der Waals surface area contributed by atoms with Crippen molar-refractivity contribution in [3.8, 4) is 0 Å². The van der Waals surface area contributed by atoms with E-state index in [2.05, 4.69) is 68.0 Å². The molecule has 0 N–H and O–H groups in total. The molecule has 1 rings (SSSR count). The molecule has 0 heterocycles. The summed E-state index contributed by atoms with van der Waals surface area (Å²) in [5, 5.41) is 1.37. The first kappa shape index (κ1) is 16.0. The van der Waals surface area contributed by atoms with Crippen molar-refractivity contribution in [2.75, 3.05) is 0 Å². The summed E-state index contributed by atoms with van der Waals surface area (Å²) in [6, 6.07) is 8.63. The first-order valence-electron chi connectivity index (χ1n) is 5.63. The van der Waals surface area contributed by atoms with E-state index < -0.39 is 0 Å². The van der Waals surface area contributed by atoms with E-state index in [-0.39, 0.29) is 0 Å². The zero-order valence-electron chi connectivity index (χ0n) is 9.79. The van der Waals surface area contributed by atoms with Gasteiger partial charge >= 0.3 is 135 Å². The van der Waals surface area contributed by atoms with Crippen LogP contribution in [0, 0.1) is 0 Å². The van der Waals surface area contributed by atoms with Gasteiger partial charge in [0.25, 0.3) is 0 Å². The predicted molar refractivity (Wildman–Crippen MR) is 86.6 cm³/mol. The standard InChI is InChI=1S/C13H16Br2Se2/c1-2-3-4-9-16-13(15)10-17-12-7-5-11(14)6-8-12/h5-8,10H,2-4,9H2,1H3/b13-10-. The fourth-order valence-corrected chi connectivity index (χ4v) is 6.42. The maximum absolute atomic E-state index is 3.70. The van der Waals surface area contributed by atoms with Crippen molar-refractivity contribution < 1.29 is 0 Å². The molecule has 1 aromatic rings. The van der Waals surface area contributed by atoms with E-state index in [4.69, 9.17) is 0 Å². The number of hydrogen-bond donors (Lipinski definition) is 0. The molecule has 0 aliphatic heterocycles. The van der Waals surface area contributed by atoms with Crippen LogP contribution in [0.15, 0.2) is 37.1 Å². The number of unbranched alkanes of at least 4 members (excludes halogenated alkanes) is 2. The maximum atomic E-state index is 3.70. The van der Waals surface area contributed by atoms with Crippen molar-refractivity contribution in [1.82, 2.24) is 0 Å². The molecular weight excluding hydrogens is 474 g/mol. The topological polar surface area (TPSA) is 0 Å². The third-order valence-electron chi connectivity index (χ3n) is 2.09. The Morgan fingerprint density at radius 1 is 1.24 bits per heavy atom. The van der Waals surface area contributed by atoms with Crippen LogP contribution in [0.3, 0.4) is 0 Å². The molecule has 0 unspecified atom stereocenters. The second kappa shape index (κ2) is 9.83. The van der Waals surface area contributed by atoms with E-state index in [0.29, 0.717) is 29.9 Å². The van der Waals surface area contributed by atoms with E-state index >= 15 is 0 Å². The third-order valence-corrected chi connectivity index (χ3v) is 9.22. The Morgan fingerprint density at radius 3 is 2.59 bits per heavy atom. The molecule has 0 aliphatic carbocycles. The quantitative estimate of drug-likeness (QED) is 0.396. The molecule has 0 spiro atoms. The summed E-state index contributed by atoms with van der Waals surface area (Å²) in [7, 11) is 0. The van der Waals surface area contributed by atoms with Gasteiger partial charge in [-0.05, 0) is 0 Å². The molecule has 0 saturated heterocycles. The molecule has 0 saturated carbocycles. The molecular formula is C13H16Br2Se2. The summed E-state index contributed by atoms with van der Waals surface area (Å²) in [6.45, 7) is 2.26. The van der Waals surface area contributed by atoms with Gasteiger partial charge in [0.05, 0.1) is 0 Å². The van der Waals surface area contributed by atoms with E-state index in [1.54, 1.807) is 0 Å². The van der Waals surface area contributed by atoms with Crippen LogP contribution in [-0.2, 0) is 0 Å². The summed E-state index contributed by atoms with van der Waals surface area (Å²) < 4.78 is 4.02. The van der Waals surface area contributed by atoms with Crippen LogP contribution < -0.4 is 4.46 Å². The van der Waals surface area contributed by atoms with Gasteiger partial charge < -0.3 is 0 Å². The van der Waals surface area contributed by atoms with Gasteiger partial charge in [-0.15, -0.1) is 0 Å². The van der Waals surface area contributed by atoms with Gasteiger partial charge in [-0.2, -0.15) is 0 Å². The molecule has 0 aromatic heterocycles. The molecule has 0 nitrogen and oxygen atoms in total. The van der Waals surface area contributed by atoms with E-state index in [1.165, 1.54) is 32.4 Å². The minimum atomic E-state index is 0.464. The van der Waals surface area contributed by atoms with Gasteiger partial charge in [0, 0.05) is 0 Å². The van der Waals surface area contributed by atoms with Crippen LogP contribution in [0.5, 0.6) is 0 Å². The molecule has 0 fully saturated rings. The van der Waals surface area contributed by atoms with Crippen molar-refractivity contribution in [3.63, 3.8) is 0 Å². The number of benzene rings is 1. The van der Waals surface area contributed by atoms with Crippen LogP contribution in [0.1, 0.15) is 26.2 Å².